The van der Waals surface area contributed by atoms with Crippen molar-refractivity contribution in [2.45, 2.75) is 31.9 Å². The van der Waals surface area contributed by atoms with Gasteiger partial charge in [-0.1, -0.05) is 36.4 Å². The van der Waals surface area contributed by atoms with Gasteiger partial charge in [0.25, 0.3) is 0 Å². The van der Waals surface area contributed by atoms with Crippen molar-refractivity contribution >= 4 is 38.1 Å². The highest BCUT2D eigenvalue weighted by molar-refractivity contribution is 7.19. The number of amides is 1. The number of nitrogens with two attached hydrogens (primary N) is 1. The second-order valence-electron chi connectivity index (χ2n) is 9.95. The number of nitrogens with zero attached hydrogens (tertiary/aromatic N) is 1. The Morgan fingerprint density at radius 3 is 2.44 bits per heavy atom. The summed E-state index contributed by atoms with van der Waals surface area (Å²) in [5.41, 5.74) is 8.32. The number of hydrogen-bond donors (Lipinski definition) is 1. The van der Waals surface area contributed by atoms with Crippen molar-refractivity contribution in [2.24, 2.45) is 17.6 Å². The molecule has 2 unspecified atom stereocenters. The molecule has 2 fully saturated rings. The van der Waals surface area contributed by atoms with Gasteiger partial charge in [0.05, 0.1) is 0 Å². The van der Waals surface area contributed by atoms with Gasteiger partial charge in [0, 0.05) is 53.7 Å². The number of likely N-dealkylation sites (tertiary alicyclic amines) is 1. The molecule has 1 saturated heterocycles. The zero-order valence-corrected chi connectivity index (χ0v) is 20.5. The van der Waals surface area contributed by atoms with Gasteiger partial charge >= 0.3 is 0 Å². The summed E-state index contributed by atoms with van der Waals surface area (Å²) in [5, 5.41) is 4.00. The maximum atomic E-state index is 11.8. The third-order valence-corrected chi connectivity index (χ3v) is 9.48. The fourth-order valence-electron chi connectivity index (χ4n) is 6.59. The molecule has 2 aliphatic rings. The number of methoxy groups -OCH3 is 1. The van der Waals surface area contributed by atoms with Crippen molar-refractivity contribution in [2.75, 3.05) is 20.2 Å². The van der Waals surface area contributed by atoms with Crippen LogP contribution in [0.4, 0.5) is 0 Å². The first kappa shape index (κ1) is 21.8. The van der Waals surface area contributed by atoms with Crippen LogP contribution in [0.5, 0.6) is 0 Å². The maximum absolute atomic E-state index is 11.8. The SMILES string of the molecule is COC1(c2cccc(C(N)=O)c2)C2CCC1CN(Cc1sc3cc4ccccc4cc3c1C)C2. The van der Waals surface area contributed by atoms with Crippen molar-refractivity contribution in [3.05, 3.63) is 82.2 Å². The van der Waals surface area contributed by atoms with Crippen LogP contribution in [0.2, 0.25) is 0 Å². The minimum Gasteiger partial charge on any atom is -0.373 e. The Kier molecular flexibility index (Phi) is 5.25. The molecule has 2 atom stereocenters. The monoisotopic (exact) mass is 470 g/mol. The molecule has 34 heavy (non-hydrogen) atoms. The van der Waals surface area contributed by atoms with Crippen molar-refractivity contribution in [3.63, 3.8) is 0 Å². The molecule has 1 aliphatic carbocycles. The minimum atomic E-state index is -0.384. The summed E-state index contributed by atoms with van der Waals surface area (Å²) < 4.78 is 7.70. The summed E-state index contributed by atoms with van der Waals surface area (Å²) in [6, 6.07) is 21.1. The van der Waals surface area contributed by atoms with E-state index in [2.05, 4.69) is 54.3 Å². The second-order valence-corrected chi connectivity index (χ2v) is 11.1. The molecule has 1 aromatic heterocycles. The predicted molar refractivity (Wildman–Crippen MR) is 139 cm³/mol. The Bertz CT molecular complexity index is 1390. The average Bonchev–Trinajstić information content (AvgIpc) is 3.25. The topological polar surface area (TPSA) is 55.6 Å². The minimum absolute atomic E-state index is 0.338. The number of rotatable bonds is 5. The normalized spacial score (nSPS) is 24.8. The molecule has 1 amide bonds. The van der Waals surface area contributed by atoms with Crippen molar-refractivity contribution in [1.29, 1.82) is 0 Å². The lowest BCUT2D eigenvalue weighted by atomic mass is 9.74. The van der Waals surface area contributed by atoms with E-state index in [-0.39, 0.29) is 11.5 Å². The smallest absolute Gasteiger partial charge is 0.248 e. The lowest BCUT2D eigenvalue weighted by Crippen LogP contribution is -2.52. The molecule has 1 aliphatic heterocycles. The number of ether oxygens (including phenoxy) is 1. The quantitative estimate of drug-likeness (QED) is 0.398. The molecule has 3 aromatic carbocycles. The van der Waals surface area contributed by atoms with Crippen LogP contribution in [-0.4, -0.2) is 31.0 Å². The molecule has 2 bridgehead atoms. The highest BCUT2D eigenvalue weighted by Gasteiger charge is 2.55. The van der Waals surface area contributed by atoms with Crippen molar-refractivity contribution in [3.8, 4) is 0 Å². The van der Waals surface area contributed by atoms with Crippen LogP contribution in [0.25, 0.3) is 20.9 Å². The zero-order chi connectivity index (χ0) is 23.4. The summed E-state index contributed by atoms with van der Waals surface area (Å²) in [4.78, 5) is 15.9. The van der Waals surface area contributed by atoms with Crippen LogP contribution < -0.4 is 5.73 Å². The van der Waals surface area contributed by atoms with Gasteiger partial charge in [-0.3, -0.25) is 9.69 Å². The van der Waals surface area contributed by atoms with Gasteiger partial charge in [0.1, 0.15) is 5.60 Å². The molecule has 2 N–H and O–H groups in total. The van der Waals surface area contributed by atoms with E-state index in [4.69, 9.17) is 10.5 Å². The molecule has 4 aromatic rings. The van der Waals surface area contributed by atoms with Gasteiger partial charge in [-0.2, -0.15) is 0 Å². The fraction of sp³-hybridized carbons (Fsp3) is 0.345. The van der Waals surface area contributed by atoms with Crippen LogP contribution >= 0.6 is 11.3 Å². The number of aryl methyl sites for hydroxylation is 1. The molecule has 6 rings (SSSR count). The predicted octanol–water partition coefficient (Wildman–Crippen LogP) is 5.85. The van der Waals surface area contributed by atoms with Crippen LogP contribution in [0, 0.1) is 18.8 Å². The largest absolute Gasteiger partial charge is 0.373 e. The Hall–Kier alpha value is -2.73. The Labute approximate surface area is 204 Å². The molecule has 4 nitrogen and oxygen atoms in total. The number of hydrogen-bond acceptors (Lipinski definition) is 4. The van der Waals surface area contributed by atoms with Crippen LogP contribution in [0.3, 0.4) is 0 Å². The zero-order valence-electron chi connectivity index (χ0n) is 19.7. The fourth-order valence-corrected chi connectivity index (χ4v) is 7.88. The number of fused-ring (bicyclic) bond motifs is 4. The number of primary amides is 1. The number of benzene rings is 3. The third kappa shape index (κ3) is 3.29. The van der Waals surface area contributed by atoms with Gasteiger partial charge < -0.3 is 10.5 Å². The highest BCUT2D eigenvalue weighted by Crippen LogP contribution is 2.54. The molecule has 1 saturated carbocycles. The van der Waals surface area contributed by atoms with Gasteiger partial charge in [0.2, 0.25) is 5.91 Å². The summed E-state index contributed by atoms with van der Waals surface area (Å²) in [6.45, 7) is 5.26. The van der Waals surface area contributed by atoms with Gasteiger partial charge in [-0.05, 0) is 71.3 Å². The van der Waals surface area contributed by atoms with E-state index in [1.807, 2.05) is 30.6 Å². The summed E-state index contributed by atoms with van der Waals surface area (Å²) >= 11 is 1.94. The lowest BCUT2D eigenvalue weighted by Gasteiger charge is -2.47. The van der Waals surface area contributed by atoms with Crippen LogP contribution in [0.15, 0.2) is 60.7 Å². The van der Waals surface area contributed by atoms with Gasteiger partial charge in [-0.25, -0.2) is 0 Å². The second kappa shape index (κ2) is 8.19. The standard InChI is InChI=1S/C29H30N2O2S/c1-18-25-13-19-6-3-4-7-20(19)14-26(25)34-27(18)17-31-15-23-10-11-24(16-31)29(23,33-2)22-9-5-8-21(12-22)28(30)32/h3-9,12-14,23-24H,10-11,15-17H2,1-2H3,(H2,30,32). The summed E-state index contributed by atoms with van der Waals surface area (Å²) in [6.07, 6.45) is 2.29. The molecular weight excluding hydrogens is 440 g/mol. The first-order chi connectivity index (χ1) is 16.5. The third-order valence-electron chi connectivity index (χ3n) is 8.24. The molecule has 0 radical (unpaired) electrons. The van der Waals surface area contributed by atoms with Crippen LogP contribution in [0.1, 0.15) is 39.2 Å². The van der Waals surface area contributed by atoms with E-state index in [9.17, 15) is 4.79 Å². The number of thiophene rings is 1. The van der Waals surface area contributed by atoms with E-state index in [0.717, 1.165) is 38.0 Å². The first-order valence-corrected chi connectivity index (χ1v) is 12.9. The van der Waals surface area contributed by atoms with Crippen molar-refractivity contribution < 1.29 is 9.53 Å². The molecule has 5 heteroatoms. The Balaban J connectivity index is 1.30. The first-order valence-electron chi connectivity index (χ1n) is 12.1. The number of carbonyl (C=O) groups is 1. The van der Waals surface area contributed by atoms with E-state index in [1.54, 1.807) is 6.07 Å². The Morgan fingerprint density at radius 2 is 1.76 bits per heavy atom. The molecule has 0 spiro atoms. The maximum Gasteiger partial charge on any atom is 0.248 e. The number of piperidine rings is 1. The highest BCUT2D eigenvalue weighted by atomic mass is 32.1. The summed E-state index contributed by atoms with van der Waals surface area (Å²) in [5.74, 6) is 0.416. The van der Waals surface area contributed by atoms with Gasteiger partial charge in [-0.15, -0.1) is 11.3 Å². The van der Waals surface area contributed by atoms with E-state index >= 15 is 0 Å². The van der Waals surface area contributed by atoms with E-state index in [0.29, 0.717) is 17.4 Å². The lowest BCUT2D eigenvalue weighted by molar-refractivity contribution is -0.120. The van der Waals surface area contributed by atoms with E-state index < -0.39 is 0 Å². The summed E-state index contributed by atoms with van der Waals surface area (Å²) in [7, 11) is 1.83. The Morgan fingerprint density at radius 1 is 1.06 bits per heavy atom. The molecule has 2 heterocycles. The van der Waals surface area contributed by atoms with Gasteiger partial charge in [0.15, 0.2) is 0 Å². The van der Waals surface area contributed by atoms with E-state index in [1.165, 1.54) is 31.3 Å². The number of carbonyl (C=O) groups excluding carboxylic acids is 1. The van der Waals surface area contributed by atoms with Crippen LogP contribution in [-0.2, 0) is 16.9 Å². The average molecular weight is 471 g/mol. The molecule has 174 valence electrons. The molecular formula is C29H30N2O2S. The van der Waals surface area contributed by atoms with Crippen molar-refractivity contribution in [1.82, 2.24) is 4.90 Å².